The van der Waals surface area contributed by atoms with E-state index < -0.39 is 5.97 Å². The molecule has 2 unspecified atom stereocenters. The van der Waals surface area contributed by atoms with Crippen LogP contribution in [-0.2, 0) is 9.59 Å². The molecule has 0 radical (unpaired) electrons. The molecular formula is C16H21NO3. The zero-order chi connectivity index (χ0) is 15.1. The predicted molar refractivity (Wildman–Crippen MR) is 79.1 cm³/mol. The number of benzene rings is 1. The lowest BCUT2D eigenvalue weighted by Crippen LogP contribution is -2.31. The maximum atomic E-state index is 11.9. The van der Waals surface area contributed by atoms with Crippen molar-refractivity contribution in [2.45, 2.75) is 33.2 Å². The van der Waals surface area contributed by atoms with Gasteiger partial charge in [0.05, 0.1) is 6.04 Å². The third-order valence-corrected chi connectivity index (χ3v) is 3.25. The third-order valence-electron chi connectivity index (χ3n) is 3.25. The molecule has 2 atom stereocenters. The van der Waals surface area contributed by atoms with E-state index >= 15 is 0 Å². The van der Waals surface area contributed by atoms with Crippen LogP contribution in [0.4, 0.5) is 0 Å². The molecule has 1 aromatic carbocycles. The monoisotopic (exact) mass is 275 g/mol. The van der Waals surface area contributed by atoms with Gasteiger partial charge in [0.15, 0.2) is 0 Å². The molecule has 108 valence electrons. The van der Waals surface area contributed by atoms with Gasteiger partial charge in [-0.1, -0.05) is 32.0 Å². The van der Waals surface area contributed by atoms with Crippen LogP contribution in [0.5, 0.6) is 0 Å². The molecule has 0 fully saturated rings. The maximum absolute atomic E-state index is 11.9. The van der Waals surface area contributed by atoms with Crippen LogP contribution in [0.3, 0.4) is 0 Å². The van der Waals surface area contributed by atoms with Gasteiger partial charge < -0.3 is 10.4 Å². The summed E-state index contributed by atoms with van der Waals surface area (Å²) in [6.45, 7) is 5.79. The molecule has 0 heterocycles. The molecule has 20 heavy (non-hydrogen) atoms. The van der Waals surface area contributed by atoms with Gasteiger partial charge >= 0.3 is 5.97 Å². The summed E-state index contributed by atoms with van der Waals surface area (Å²) in [6.07, 6.45) is 3.44. The van der Waals surface area contributed by atoms with E-state index in [1.807, 2.05) is 45.0 Å². The highest BCUT2D eigenvalue weighted by Gasteiger charge is 2.14. The number of nitrogens with one attached hydrogen (secondary N) is 1. The largest absolute Gasteiger partial charge is 0.478 e. The first-order valence-corrected chi connectivity index (χ1v) is 6.75. The van der Waals surface area contributed by atoms with Crippen LogP contribution in [0, 0.1) is 5.92 Å². The van der Waals surface area contributed by atoms with Crippen LogP contribution in [0.15, 0.2) is 30.3 Å². The molecule has 0 aliphatic rings. The molecular weight excluding hydrogens is 254 g/mol. The molecule has 0 aromatic heterocycles. The summed E-state index contributed by atoms with van der Waals surface area (Å²) in [5.74, 6) is -0.951. The number of carbonyl (C=O) groups excluding carboxylic acids is 1. The van der Waals surface area contributed by atoms with E-state index in [0.717, 1.165) is 23.6 Å². The Morgan fingerprint density at radius 1 is 1.35 bits per heavy atom. The van der Waals surface area contributed by atoms with Gasteiger partial charge in [-0.3, -0.25) is 4.79 Å². The van der Waals surface area contributed by atoms with Gasteiger partial charge in [0.2, 0.25) is 5.91 Å². The third kappa shape index (κ3) is 4.88. The lowest BCUT2D eigenvalue weighted by atomic mass is 10.0. The van der Waals surface area contributed by atoms with E-state index in [9.17, 15) is 9.59 Å². The highest BCUT2D eigenvalue weighted by Crippen LogP contribution is 2.16. The minimum Gasteiger partial charge on any atom is -0.478 e. The Balaban J connectivity index is 2.78. The number of carbonyl (C=O) groups is 2. The average Bonchev–Trinajstić information content (AvgIpc) is 2.44. The number of carboxylic acids is 1. The summed E-state index contributed by atoms with van der Waals surface area (Å²) in [4.78, 5) is 22.4. The highest BCUT2D eigenvalue weighted by atomic mass is 16.4. The minimum atomic E-state index is -0.978. The van der Waals surface area contributed by atoms with Crippen molar-refractivity contribution in [3.63, 3.8) is 0 Å². The molecule has 0 spiro atoms. The van der Waals surface area contributed by atoms with Crippen LogP contribution < -0.4 is 5.32 Å². The van der Waals surface area contributed by atoms with Gasteiger partial charge in [-0.15, -0.1) is 0 Å². The van der Waals surface area contributed by atoms with E-state index in [0.29, 0.717) is 0 Å². The van der Waals surface area contributed by atoms with Crippen molar-refractivity contribution < 1.29 is 14.7 Å². The molecule has 0 saturated heterocycles. The fraction of sp³-hybridized carbons (Fsp3) is 0.375. The lowest BCUT2D eigenvalue weighted by molar-refractivity contribution is -0.131. The number of carboxylic acid groups (broad SMARTS) is 1. The summed E-state index contributed by atoms with van der Waals surface area (Å²) in [6, 6.07) is 7.37. The summed E-state index contributed by atoms with van der Waals surface area (Å²) >= 11 is 0. The number of hydrogen-bond donors (Lipinski definition) is 2. The second kappa shape index (κ2) is 7.48. The zero-order valence-electron chi connectivity index (χ0n) is 12.1. The van der Waals surface area contributed by atoms with Crippen molar-refractivity contribution >= 4 is 18.0 Å². The van der Waals surface area contributed by atoms with E-state index in [4.69, 9.17) is 5.11 Å². The molecule has 4 heteroatoms. The molecule has 1 aromatic rings. The summed E-state index contributed by atoms with van der Waals surface area (Å²) in [7, 11) is 0. The quantitative estimate of drug-likeness (QED) is 0.784. The smallest absolute Gasteiger partial charge is 0.328 e. The molecule has 0 saturated carbocycles. The summed E-state index contributed by atoms with van der Waals surface area (Å²) < 4.78 is 0. The minimum absolute atomic E-state index is 0.00691. The topological polar surface area (TPSA) is 66.4 Å². The second-order valence-electron chi connectivity index (χ2n) is 4.88. The molecule has 0 aliphatic carbocycles. The zero-order valence-corrected chi connectivity index (χ0v) is 12.1. The van der Waals surface area contributed by atoms with Crippen molar-refractivity contribution in [1.29, 1.82) is 0 Å². The van der Waals surface area contributed by atoms with Gasteiger partial charge in [-0.25, -0.2) is 4.79 Å². The fourth-order valence-electron chi connectivity index (χ4n) is 1.72. The molecule has 4 nitrogen and oxygen atoms in total. The van der Waals surface area contributed by atoms with Gasteiger partial charge in [-0.2, -0.15) is 0 Å². The van der Waals surface area contributed by atoms with Crippen molar-refractivity contribution in [3.05, 3.63) is 41.5 Å². The first kappa shape index (κ1) is 16.0. The van der Waals surface area contributed by atoms with E-state index in [-0.39, 0.29) is 17.9 Å². The van der Waals surface area contributed by atoms with Crippen molar-refractivity contribution in [1.82, 2.24) is 5.32 Å². The van der Waals surface area contributed by atoms with Crippen molar-refractivity contribution in [2.75, 3.05) is 0 Å². The number of amides is 1. The van der Waals surface area contributed by atoms with Gasteiger partial charge in [-0.05, 0) is 36.6 Å². The van der Waals surface area contributed by atoms with Gasteiger partial charge in [0.25, 0.3) is 0 Å². The molecule has 0 bridgehead atoms. The van der Waals surface area contributed by atoms with Gasteiger partial charge in [0, 0.05) is 12.0 Å². The number of hydrogen-bond acceptors (Lipinski definition) is 2. The first-order valence-electron chi connectivity index (χ1n) is 6.75. The molecule has 1 amide bonds. The number of aliphatic carboxylic acids is 1. The lowest BCUT2D eigenvalue weighted by Gasteiger charge is -2.17. The van der Waals surface area contributed by atoms with Crippen molar-refractivity contribution in [3.8, 4) is 0 Å². The normalized spacial score (nSPS) is 13.9. The average molecular weight is 275 g/mol. The Labute approximate surface area is 119 Å². The fourth-order valence-corrected chi connectivity index (χ4v) is 1.72. The van der Waals surface area contributed by atoms with Crippen LogP contribution in [0.25, 0.3) is 6.08 Å². The van der Waals surface area contributed by atoms with E-state index in [2.05, 4.69) is 5.32 Å². The SMILES string of the molecule is CCC(C)C(=O)NC(C)c1cccc(C=CC(=O)O)c1. The predicted octanol–water partition coefficient (Wildman–Crippen LogP) is 3.01. The second-order valence-corrected chi connectivity index (χ2v) is 4.88. The van der Waals surface area contributed by atoms with Crippen LogP contribution in [0.1, 0.15) is 44.4 Å². The first-order chi connectivity index (χ1) is 9.43. The molecule has 0 aliphatic heterocycles. The van der Waals surface area contributed by atoms with E-state index in [1.165, 1.54) is 6.08 Å². The Morgan fingerprint density at radius 2 is 2.05 bits per heavy atom. The summed E-state index contributed by atoms with van der Waals surface area (Å²) in [5, 5.41) is 11.6. The molecule has 2 N–H and O–H groups in total. The summed E-state index contributed by atoms with van der Waals surface area (Å²) in [5.41, 5.74) is 1.75. The Kier molecular flexibility index (Phi) is 5.97. The standard InChI is InChI=1S/C16H21NO3/c1-4-11(2)16(20)17-12(3)14-7-5-6-13(10-14)8-9-15(18)19/h5-12H,4H2,1-3H3,(H,17,20)(H,18,19). The Morgan fingerprint density at radius 3 is 2.65 bits per heavy atom. The van der Waals surface area contributed by atoms with Crippen LogP contribution in [0.2, 0.25) is 0 Å². The highest BCUT2D eigenvalue weighted by molar-refractivity contribution is 5.85. The Bertz CT molecular complexity index is 508. The van der Waals surface area contributed by atoms with Crippen LogP contribution >= 0.6 is 0 Å². The van der Waals surface area contributed by atoms with Crippen molar-refractivity contribution in [2.24, 2.45) is 5.92 Å². The van der Waals surface area contributed by atoms with Gasteiger partial charge in [0.1, 0.15) is 0 Å². The van der Waals surface area contributed by atoms with Crippen LogP contribution in [-0.4, -0.2) is 17.0 Å². The number of rotatable bonds is 6. The maximum Gasteiger partial charge on any atom is 0.328 e. The van der Waals surface area contributed by atoms with E-state index in [1.54, 1.807) is 0 Å². The Hall–Kier alpha value is -2.10. The molecule has 1 rings (SSSR count).